The molecule has 1 aliphatic rings. The van der Waals surface area contributed by atoms with Crippen molar-refractivity contribution in [2.24, 2.45) is 0 Å². The van der Waals surface area contributed by atoms with Crippen LogP contribution in [0.1, 0.15) is 28.6 Å². The summed E-state index contributed by atoms with van der Waals surface area (Å²) in [4.78, 5) is 38.0. The van der Waals surface area contributed by atoms with Crippen LogP contribution in [0.15, 0.2) is 79.0 Å². The average molecular weight is 567 g/mol. The largest absolute Gasteiger partial charge is 0.505 e. The van der Waals surface area contributed by atoms with Crippen LogP contribution in [-0.2, 0) is 9.59 Å². The average Bonchev–Trinajstić information content (AvgIpc) is 3.63. The second-order valence-corrected chi connectivity index (χ2v) is 10.6. The van der Waals surface area contributed by atoms with E-state index in [1.807, 2.05) is 42.6 Å². The van der Waals surface area contributed by atoms with E-state index in [9.17, 15) is 14.7 Å². The molecule has 41 heavy (non-hydrogen) atoms. The number of amides is 1. The van der Waals surface area contributed by atoms with Crippen LogP contribution in [0, 0.1) is 13.8 Å². The highest BCUT2D eigenvalue weighted by Crippen LogP contribution is 2.45. The zero-order chi connectivity index (χ0) is 28.8. The molecule has 0 aliphatic carbocycles. The number of aryl methyl sites for hydroxylation is 2. The molecule has 0 saturated carbocycles. The number of methoxy groups -OCH3 is 1. The van der Waals surface area contributed by atoms with Crippen molar-refractivity contribution in [2.75, 3.05) is 18.6 Å². The number of ketones is 1. The zero-order valence-electron chi connectivity index (χ0n) is 22.6. The molecule has 1 atom stereocenters. The van der Waals surface area contributed by atoms with Crippen molar-refractivity contribution < 1.29 is 24.2 Å². The number of aliphatic hydroxyl groups excluding tert-OH is 1. The van der Waals surface area contributed by atoms with E-state index in [1.54, 1.807) is 49.6 Å². The van der Waals surface area contributed by atoms with E-state index >= 15 is 0 Å². The first kappa shape index (κ1) is 26.3. The molecule has 1 aliphatic heterocycles. The number of thiazole rings is 1. The summed E-state index contributed by atoms with van der Waals surface area (Å²) in [5, 5.41) is 12.0. The monoisotopic (exact) mass is 566 g/mol. The van der Waals surface area contributed by atoms with Gasteiger partial charge in [-0.3, -0.25) is 14.5 Å². The second kappa shape index (κ2) is 10.2. The maximum Gasteiger partial charge on any atom is 0.301 e. The highest BCUT2D eigenvalue weighted by Gasteiger charge is 2.48. The van der Waals surface area contributed by atoms with Gasteiger partial charge < -0.3 is 19.0 Å². The van der Waals surface area contributed by atoms with Gasteiger partial charge in [-0.05, 0) is 61.4 Å². The Morgan fingerprint density at radius 1 is 1.10 bits per heavy atom. The van der Waals surface area contributed by atoms with E-state index < -0.39 is 17.7 Å². The number of pyridine rings is 1. The van der Waals surface area contributed by atoms with Crippen molar-refractivity contribution in [3.8, 4) is 11.5 Å². The standard InChI is InChI=1S/C31H26N4O5S/c1-5-15-40-20-10-8-19(9-11-20)26-24(27(36)25-18(3)34-14-6-7-17(2)29(34)33-25)28(37)30(38)35(26)31-32-22-13-12-21(39-4)16-23(22)41-31/h5-14,16,26,36H,1,15H2,2-4H3. The maximum atomic E-state index is 13.7. The van der Waals surface area contributed by atoms with Gasteiger partial charge in [0.1, 0.15) is 29.4 Å². The Labute approximate surface area is 239 Å². The molecule has 0 spiro atoms. The van der Waals surface area contributed by atoms with E-state index in [4.69, 9.17) is 9.47 Å². The van der Waals surface area contributed by atoms with Crippen molar-refractivity contribution in [3.63, 3.8) is 0 Å². The van der Waals surface area contributed by atoms with Gasteiger partial charge in [0.05, 0.1) is 34.6 Å². The van der Waals surface area contributed by atoms with Gasteiger partial charge in [0.2, 0.25) is 0 Å². The van der Waals surface area contributed by atoms with Gasteiger partial charge in [0, 0.05) is 6.20 Å². The number of Topliss-reactive ketones (excluding diaryl/α,β-unsaturated/α-hetero) is 1. The number of aliphatic hydroxyl groups is 1. The van der Waals surface area contributed by atoms with Crippen LogP contribution < -0.4 is 14.4 Å². The van der Waals surface area contributed by atoms with Gasteiger partial charge in [0.25, 0.3) is 5.78 Å². The van der Waals surface area contributed by atoms with Crippen molar-refractivity contribution in [1.82, 2.24) is 14.4 Å². The molecule has 1 unspecified atom stereocenters. The van der Waals surface area contributed by atoms with Gasteiger partial charge in [-0.15, -0.1) is 0 Å². The molecule has 5 aromatic rings. The third kappa shape index (κ3) is 4.33. The van der Waals surface area contributed by atoms with Gasteiger partial charge in [-0.2, -0.15) is 0 Å². The van der Waals surface area contributed by atoms with Gasteiger partial charge in [-0.25, -0.2) is 9.97 Å². The predicted molar refractivity (Wildman–Crippen MR) is 158 cm³/mol. The first-order valence-corrected chi connectivity index (χ1v) is 13.7. The Morgan fingerprint density at radius 3 is 2.56 bits per heavy atom. The number of hydrogen-bond donors (Lipinski definition) is 1. The number of benzene rings is 2. The predicted octanol–water partition coefficient (Wildman–Crippen LogP) is 5.76. The number of anilines is 1. The molecular formula is C31H26N4O5S. The fourth-order valence-electron chi connectivity index (χ4n) is 5.04. The van der Waals surface area contributed by atoms with Crippen LogP contribution in [0.25, 0.3) is 21.6 Å². The number of imidazole rings is 1. The number of hydrogen-bond acceptors (Lipinski definition) is 8. The number of aromatic nitrogens is 3. The minimum atomic E-state index is -0.948. The Kier molecular flexibility index (Phi) is 6.55. The lowest BCUT2D eigenvalue weighted by Gasteiger charge is -2.23. The highest BCUT2D eigenvalue weighted by atomic mass is 32.1. The lowest BCUT2D eigenvalue weighted by atomic mass is 9.96. The van der Waals surface area contributed by atoms with Gasteiger partial charge in [0.15, 0.2) is 10.9 Å². The number of rotatable bonds is 7. The van der Waals surface area contributed by atoms with Crippen LogP contribution in [0.4, 0.5) is 5.13 Å². The molecule has 6 rings (SSSR count). The molecule has 1 N–H and O–H groups in total. The third-order valence-corrected chi connectivity index (χ3v) is 8.12. The fraction of sp³-hybridized carbons (Fsp3) is 0.161. The summed E-state index contributed by atoms with van der Waals surface area (Å²) in [5.41, 5.74) is 3.65. The zero-order valence-corrected chi connectivity index (χ0v) is 23.4. The minimum absolute atomic E-state index is 0.0595. The molecule has 4 heterocycles. The summed E-state index contributed by atoms with van der Waals surface area (Å²) < 4.78 is 13.6. The number of nitrogens with zero attached hydrogens (tertiary/aromatic N) is 4. The summed E-state index contributed by atoms with van der Waals surface area (Å²) in [7, 11) is 1.58. The summed E-state index contributed by atoms with van der Waals surface area (Å²) >= 11 is 1.26. The Balaban J connectivity index is 1.55. The Hall–Kier alpha value is -4.96. The van der Waals surface area contributed by atoms with Crippen LogP contribution in [0.3, 0.4) is 0 Å². The molecule has 10 heteroatoms. The summed E-state index contributed by atoms with van der Waals surface area (Å²) in [6.45, 7) is 7.73. The summed E-state index contributed by atoms with van der Waals surface area (Å²) in [6, 6.07) is 15.3. The molecule has 0 bridgehead atoms. The van der Waals surface area contributed by atoms with E-state index in [0.29, 0.717) is 45.7 Å². The lowest BCUT2D eigenvalue weighted by Crippen LogP contribution is -2.29. The molecule has 9 nitrogen and oxygen atoms in total. The number of ether oxygens (including phenoxy) is 2. The number of carbonyl (C=O) groups excluding carboxylic acids is 2. The normalized spacial score (nSPS) is 16.6. The third-order valence-electron chi connectivity index (χ3n) is 7.11. The lowest BCUT2D eigenvalue weighted by molar-refractivity contribution is -0.132. The molecular weight excluding hydrogens is 540 g/mol. The Bertz CT molecular complexity index is 1890. The topological polar surface area (TPSA) is 106 Å². The van der Waals surface area contributed by atoms with Crippen molar-refractivity contribution in [1.29, 1.82) is 0 Å². The molecule has 3 aromatic heterocycles. The summed E-state index contributed by atoms with van der Waals surface area (Å²) in [6.07, 6.45) is 3.48. The first-order valence-electron chi connectivity index (χ1n) is 12.9. The second-order valence-electron chi connectivity index (χ2n) is 9.60. The summed E-state index contributed by atoms with van der Waals surface area (Å²) in [5.74, 6) is -0.689. The van der Waals surface area contributed by atoms with Crippen LogP contribution in [0.5, 0.6) is 11.5 Å². The van der Waals surface area contributed by atoms with Crippen LogP contribution in [0.2, 0.25) is 0 Å². The van der Waals surface area contributed by atoms with Gasteiger partial charge >= 0.3 is 5.91 Å². The highest BCUT2D eigenvalue weighted by molar-refractivity contribution is 7.22. The first-order chi connectivity index (χ1) is 19.8. The van der Waals surface area contributed by atoms with Crippen LogP contribution in [-0.4, -0.2) is 44.9 Å². The van der Waals surface area contributed by atoms with Gasteiger partial charge in [-0.1, -0.05) is 42.2 Å². The van der Waals surface area contributed by atoms with E-state index in [2.05, 4.69) is 16.5 Å². The van der Waals surface area contributed by atoms with E-state index in [1.165, 1.54) is 16.2 Å². The van der Waals surface area contributed by atoms with E-state index in [-0.39, 0.29) is 17.0 Å². The molecule has 0 radical (unpaired) electrons. The van der Waals surface area contributed by atoms with Crippen molar-refractivity contribution in [2.45, 2.75) is 19.9 Å². The van der Waals surface area contributed by atoms with Crippen LogP contribution >= 0.6 is 11.3 Å². The smallest absolute Gasteiger partial charge is 0.301 e. The molecule has 1 saturated heterocycles. The van der Waals surface area contributed by atoms with E-state index in [0.717, 1.165) is 10.3 Å². The SMILES string of the molecule is C=CCOc1ccc(C2C(=C(O)c3nc4c(C)cccn4c3C)C(=O)C(=O)N2c2nc3ccc(OC)cc3s2)cc1. The molecule has 1 amide bonds. The number of carbonyl (C=O) groups is 2. The molecule has 206 valence electrons. The molecule has 2 aromatic carbocycles. The fourth-order valence-corrected chi connectivity index (χ4v) is 6.06. The maximum absolute atomic E-state index is 13.7. The van der Waals surface area contributed by atoms with Crippen molar-refractivity contribution >= 4 is 49.8 Å². The van der Waals surface area contributed by atoms with Crippen molar-refractivity contribution in [3.05, 3.63) is 102 Å². The Morgan fingerprint density at radius 2 is 1.85 bits per heavy atom. The minimum Gasteiger partial charge on any atom is -0.505 e. The molecule has 1 fully saturated rings. The number of fused-ring (bicyclic) bond motifs is 2. The quantitative estimate of drug-likeness (QED) is 0.116.